The average Bonchev–Trinajstić information content (AvgIpc) is 3.12. The van der Waals surface area contributed by atoms with Gasteiger partial charge in [-0.25, -0.2) is 0 Å². The van der Waals surface area contributed by atoms with Gasteiger partial charge in [0.25, 0.3) is 11.6 Å². The van der Waals surface area contributed by atoms with Gasteiger partial charge >= 0.3 is 0 Å². The van der Waals surface area contributed by atoms with E-state index >= 15 is 0 Å². The van der Waals surface area contributed by atoms with E-state index in [9.17, 15) is 19.7 Å². The summed E-state index contributed by atoms with van der Waals surface area (Å²) in [4.78, 5) is 37.3. The smallest absolute Gasteiger partial charge is 0.270 e. The van der Waals surface area contributed by atoms with E-state index < -0.39 is 16.9 Å². The number of non-ortho nitro benzene ring substituents is 1. The number of nitrogens with zero attached hydrogens (tertiary/aromatic N) is 2. The molecule has 2 amide bonds. The molecule has 1 fully saturated rings. The summed E-state index contributed by atoms with van der Waals surface area (Å²) in [6.07, 6.45) is 0.870. The van der Waals surface area contributed by atoms with Crippen LogP contribution in [-0.2, 0) is 4.79 Å². The summed E-state index contributed by atoms with van der Waals surface area (Å²) in [5, 5.41) is 16.7. The van der Waals surface area contributed by atoms with E-state index in [1.54, 1.807) is 11.9 Å². The van der Waals surface area contributed by atoms with Crippen LogP contribution in [0.3, 0.4) is 0 Å². The first-order chi connectivity index (χ1) is 12.2. The number of nitro groups is 1. The van der Waals surface area contributed by atoms with Crippen molar-refractivity contribution in [1.82, 2.24) is 15.5 Å². The summed E-state index contributed by atoms with van der Waals surface area (Å²) >= 11 is 6.01. The van der Waals surface area contributed by atoms with Crippen LogP contribution in [-0.4, -0.2) is 53.9 Å². The Balaban J connectivity index is 2.15. The Kier molecular flexibility index (Phi) is 6.55. The Bertz CT molecular complexity index is 704. The maximum absolute atomic E-state index is 12.8. The third-order valence-corrected chi connectivity index (χ3v) is 4.87. The molecule has 1 aliphatic heterocycles. The van der Waals surface area contributed by atoms with Crippen LogP contribution in [0.4, 0.5) is 5.69 Å². The molecular formula is C17H23ClN4O4. The molecule has 0 radical (unpaired) electrons. The molecular weight excluding hydrogens is 360 g/mol. The van der Waals surface area contributed by atoms with E-state index in [2.05, 4.69) is 10.6 Å². The molecule has 9 heteroatoms. The zero-order chi connectivity index (χ0) is 19.4. The van der Waals surface area contributed by atoms with Gasteiger partial charge in [0.05, 0.1) is 15.5 Å². The highest BCUT2D eigenvalue weighted by Gasteiger charge is 2.32. The van der Waals surface area contributed by atoms with Crippen molar-refractivity contribution in [2.75, 3.05) is 20.1 Å². The maximum Gasteiger partial charge on any atom is 0.270 e. The van der Waals surface area contributed by atoms with Gasteiger partial charge in [-0.1, -0.05) is 25.4 Å². The molecule has 2 N–H and O–H groups in total. The normalized spacial score (nSPS) is 17.8. The number of amides is 2. The molecule has 26 heavy (non-hydrogen) atoms. The van der Waals surface area contributed by atoms with E-state index in [1.807, 2.05) is 13.8 Å². The molecule has 0 bridgehead atoms. The van der Waals surface area contributed by atoms with Crippen LogP contribution in [0.15, 0.2) is 18.2 Å². The van der Waals surface area contributed by atoms with Crippen LogP contribution < -0.4 is 10.6 Å². The first kappa shape index (κ1) is 20.1. The number of benzene rings is 1. The lowest BCUT2D eigenvalue weighted by molar-refractivity contribution is -0.384. The molecule has 1 aromatic rings. The largest absolute Gasteiger partial charge is 0.340 e. The Morgan fingerprint density at radius 1 is 1.42 bits per heavy atom. The highest BCUT2D eigenvalue weighted by atomic mass is 35.5. The predicted octanol–water partition coefficient (Wildman–Crippen LogP) is 1.82. The molecule has 8 nitrogen and oxygen atoms in total. The second kappa shape index (κ2) is 8.46. The van der Waals surface area contributed by atoms with Crippen molar-refractivity contribution >= 4 is 29.1 Å². The topological polar surface area (TPSA) is 105 Å². The van der Waals surface area contributed by atoms with Gasteiger partial charge in [0.1, 0.15) is 6.04 Å². The number of halogens is 1. The summed E-state index contributed by atoms with van der Waals surface area (Å²) in [5.41, 5.74) is -0.0996. The summed E-state index contributed by atoms with van der Waals surface area (Å²) in [5.74, 6) is -0.824. The number of hydrogen-bond donors (Lipinski definition) is 2. The first-order valence-corrected chi connectivity index (χ1v) is 8.82. The number of carbonyl (C=O) groups is 2. The van der Waals surface area contributed by atoms with Gasteiger partial charge in [-0.15, -0.1) is 0 Å². The second-order valence-electron chi connectivity index (χ2n) is 6.71. The fourth-order valence-electron chi connectivity index (χ4n) is 2.90. The summed E-state index contributed by atoms with van der Waals surface area (Å²) in [6.45, 7) is 5.29. The third-order valence-electron chi connectivity index (χ3n) is 4.56. The van der Waals surface area contributed by atoms with Gasteiger partial charge < -0.3 is 15.5 Å². The zero-order valence-electron chi connectivity index (χ0n) is 15.0. The van der Waals surface area contributed by atoms with Crippen molar-refractivity contribution in [2.24, 2.45) is 5.92 Å². The minimum Gasteiger partial charge on any atom is -0.340 e. The Hall–Kier alpha value is -2.19. The van der Waals surface area contributed by atoms with E-state index in [0.717, 1.165) is 25.6 Å². The van der Waals surface area contributed by atoms with E-state index in [1.165, 1.54) is 12.1 Å². The third kappa shape index (κ3) is 4.50. The summed E-state index contributed by atoms with van der Waals surface area (Å²) in [6, 6.07) is 3.02. The lowest BCUT2D eigenvalue weighted by Crippen LogP contribution is -2.53. The molecule has 1 heterocycles. The van der Waals surface area contributed by atoms with Gasteiger partial charge in [-0.05, 0) is 24.9 Å². The van der Waals surface area contributed by atoms with Crippen molar-refractivity contribution < 1.29 is 14.5 Å². The first-order valence-electron chi connectivity index (χ1n) is 8.44. The lowest BCUT2D eigenvalue weighted by Gasteiger charge is -2.30. The predicted molar refractivity (Wildman–Crippen MR) is 98.2 cm³/mol. The Labute approximate surface area is 157 Å². The quantitative estimate of drug-likeness (QED) is 0.576. The average molecular weight is 383 g/mol. The zero-order valence-corrected chi connectivity index (χ0v) is 15.7. The number of nitro benzene ring substituents is 1. The van der Waals surface area contributed by atoms with Crippen molar-refractivity contribution in [1.29, 1.82) is 0 Å². The fourth-order valence-corrected chi connectivity index (χ4v) is 3.16. The molecule has 1 aromatic carbocycles. The standard InChI is InChI=1S/C17H23ClN4O4/c1-10(2)15(17(24)21(3)12-6-7-19-9-12)20-16(23)13-5-4-11(22(25)26)8-14(13)18/h4-5,8,10,12,15,19H,6-7,9H2,1-3H3,(H,20,23). The molecule has 0 aromatic heterocycles. The second-order valence-corrected chi connectivity index (χ2v) is 7.12. The molecule has 2 rings (SSSR count). The van der Waals surface area contributed by atoms with Crippen molar-refractivity contribution in [3.63, 3.8) is 0 Å². The van der Waals surface area contributed by atoms with E-state index in [0.29, 0.717) is 0 Å². The van der Waals surface area contributed by atoms with E-state index in [-0.39, 0.29) is 34.1 Å². The molecule has 1 saturated heterocycles. The number of nitrogens with one attached hydrogen (secondary N) is 2. The number of carbonyl (C=O) groups excluding carboxylic acids is 2. The summed E-state index contributed by atoms with van der Waals surface area (Å²) < 4.78 is 0. The molecule has 0 spiro atoms. The Morgan fingerprint density at radius 3 is 2.62 bits per heavy atom. The van der Waals surface area contributed by atoms with Crippen LogP contribution in [0.2, 0.25) is 5.02 Å². The molecule has 0 saturated carbocycles. The lowest BCUT2D eigenvalue weighted by atomic mass is 10.0. The molecule has 142 valence electrons. The Morgan fingerprint density at radius 2 is 2.12 bits per heavy atom. The molecule has 2 unspecified atom stereocenters. The van der Waals surface area contributed by atoms with Crippen molar-refractivity contribution in [3.8, 4) is 0 Å². The fraction of sp³-hybridized carbons (Fsp3) is 0.529. The van der Waals surface area contributed by atoms with Crippen LogP contribution in [0, 0.1) is 16.0 Å². The van der Waals surface area contributed by atoms with Gasteiger partial charge in [0.15, 0.2) is 0 Å². The van der Waals surface area contributed by atoms with Gasteiger partial charge in [0.2, 0.25) is 5.91 Å². The van der Waals surface area contributed by atoms with E-state index in [4.69, 9.17) is 11.6 Å². The van der Waals surface area contributed by atoms with Gasteiger partial charge in [0, 0.05) is 31.8 Å². The van der Waals surface area contributed by atoms with Crippen molar-refractivity contribution in [2.45, 2.75) is 32.4 Å². The van der Waals surface area contributed by atoms with Gasteiger partial charge in [-0.3, -0.25) is 19.7 Å². The number of rotatable bonds is 6. The monoisotopic (exact) mass is 382 g/mol. The minimum absolute atomic E-state index is 0.0278. The SMILES string of the molecule is CC(C)C(NC(=O)c1ccc([N+](=O)[O-])cc1Cl)C(=O)N(C)C1CCNC1. The van der Waals surface area contributed by atoms with Gasteiger partial charge in [-0.2, -0.15) is 0 Å². The van der Waals surface area contributed by atoms with Crippen LogP contribution in [0.1, 0.15) is 30.6 Å². The number of likely N-dealkylation sites (N-methyl/N-ethyl adjacent to an activating group) is 1. The summed E-state index contributed by atoms with van der Waals surface area (Å²) in [7, 11) is 1.74. The molecule has 0 aliphatic carbocycles. The maximum atomic E-state index is 12.8. The number of hydrogen-bond acceptors (Lipinski definition) is 5. The van der Waals surface area contributed by atoms with Crippen LogP contribution in [0.5, 0.6) is 0 Å². The molecule has 2 atom stereocenters. The molecule has 1 aliphatic rings. The highest BCUT2D eigenvalue weighted by molar-refractivity contribution is 6.34. The minimum atomic E-state index is -0.709. The highest BCUT2D eigenvalue weighted by Crippen LogP contribution is 2.23. The van der Waals surface area contributed by atoms with Crippen molar-refractivity contribution in [3.05, 3.63) is 38.9 Å². The van der Waals surface area contributed by atoms with Crippen LogP contribution >= 0.6 is 11.6 Å². The van der Waals surface area contributed by atoms with Crippen LogP contribution in [0.25, 0.3) is 0 Å².